The second kappa shape index (κ2) is 7.08. The molecule has 19 heavy (non-hydrogen) atoms. The summed E-state index contributed by atoms with van der Waals surface area (Å²) in [7, 11) is 0. The molecule has 98 valence electrons. The molecule has 4 nitrogen and oxygen atoms in total. The van der Waals surface area contributed by atoms with E-state index in [1.165, 1.54) is 5.57 Å². The second-order valence-corrected chi connectivity index (χ2v) is 4.76. The summed E-state index contributed by atoms with van der Waals surface area (Å²) in [5.74, 6) is 0.640. The van der Waals surface area contributed by atoms with Gasteiger partial charge in [0.1, 0.15) is 17.8 Å². The number of nitrogens with two attached hydrogens (primary N) is 1. The van der Waals surface area contributed by atoms with E-state index in [9.17, 15) is 0 Å². The van der Waals surface area contributed by atoms with Crippen LogP contribution in [0.2, 0.25) is 0 Å². The van der Waals surface area contributed by atoms with Gasteiger partial charge in [0.25, 0.3) is 0 Å². The van der Waals surface area contributed by atoms with Gasteiger partial charge in [0, 0.05) is 18.9 Å². The first-order valence-corrected chi connectivity index (χ1v) is 6.18. The third-order valence-electron chi connectivity index (χ3n) is 2.65. The Balaban J connectivity index is 2.65. The molecule has 0 aliphatic carbocycles. The van der Waals surface area contributed by atoms with Crippen molar-refractivity contribution in [2.45, 2.75) is 20.3 Å². The van der Waals surface area contributed by atoms with Crippen molar-refractivity contribution in [2.75, 3.05) is 6.54 Å². The highest BCUT2D eigenvalue weighted by molar-refractivity contribution is 5.42. The van der Waals surface area contributed by atoms with Crippen LogP contribution in [0.1, 0.15) is 20.3 Å². The van der Waals surface area contributed by atoms with Crippen molar-refractivity contribution in [3.8, 4) is 12.1 Å². The van der Waals surface area contributed by atoms with Gasteiger partial charge in [-0.3, -0.25) is 0 Å². The van der Waals surface area contributed by atoms with Crippen molar-refractivity contribution < 1.29 is 0 Å². The Morgan fingerprint density at radius 3 is 2.68 bits per heavy atom. The van der Waals surface area contributed by atoms with Gasteiger partial charge in [0.15, 0.2) is 0 Å². The molecule has 1 aliphatic rings. The fourth-order valence-electron chi connectivity index (χ4n) is 1.69. The van der Waals surface area contributed by atoms with Crippen molar-refractivity contribution in [1.82, 2.24) is 4.90 Å². The van der Waals surface area contributed by atoms with Crippen molar-refractivity contribution in [3.05, 3.63) is 47.5 Å². The zero-order valence-electron chi connectivity index (χ0n) is 11.3. The Hall–Kier alpha value is -2.46. The van der Waals surface area contributed by atoms with Crippen LogP contribution in [0, 0.1) is 28.6 Å². The van der Waals surface area contributed by atoms with Crippen molar-refractivity contribution in [3.63, 3.8) is 0 Å². The van der Waals surface area contributed by atoms with Crippen LogP contribution in [0.5, 0.6) is 0 Å². The Morgan fingerprint density at radius 2 is 2.21 bits per heavy atom. The maximum Gasteiger partial charge on any atom is 0.129 e. The molecule has 1 aliphatic heterocycles. The third kappa shape index (κ3) is 4.73. The first kappa shape index (κ1) is 14.6. The summed E-state index contributed by atoms with van der Waals surface area (Å²) in [5, 5.41) is 17.5. The van der Waals surface area contributed by atoms with E-state index >= 15 is 0 Å². The number of nitrogens with zero attached hydrogens (tertiary/aromatic N) is 3. The monoisotopic (exact) mass is 254 g/mol. The average molecular weight is 254 g/mol. The molecule has 0 spiro atoms. The summed E-state index contributed by atoms with van der Waals surface area (Å²) in [6.45, 7) is 5.14. The van der Waals surface area contributed by atoms with Gasteiger partial charge in [-0.15, -0.1) is 0 Å². The molecule has 4 heteroatoms. The van der Waals surface area contributed by atoms with Gasteiger partial charge in [-0.25, -0.2) is 0 Å². The molecule has 0 atom stereocenters. The quantitative estimate of drug-likeness (QED) is 0.618. The van der Waals surface area contributed by atoms with Gasteiger partial charge >= 0.3 is 0 Å². The molecule has 0 saturated carbocycles. The highest BCUT2D eigenvalue weighted by Crippen LogP contribution is 2.16. The summed E-state index contributed by atoms with van der Waals surface area (Å²) in [6.07, 6.45) is 10.6. The van der Waals surface area contributed by atoms with E-state index < -0.39 is 0 Å². The lowest BCUT2D eigenvalue weighted by molar-refractivity contribution is 0.548. The van der Waals surface area contributed by atoms with E-state index in [0.29, 0.717) is 5.92 Å². The normalized spacial score (nSPS) is 16.1. The highest BCUT2D eigenvalue weighted by atomic mass is 15.1. The van der Waals surface area contributed by atoms with E-state index in [4.69, 9.17) is 16.3 Å². The summed E-state index contributed by atoms with van der Waals surface area (Å²) in [4.78, 5) is 1.94. The van der Waals surface area contributed by atoms with Crippen LogP contribution in [0.15, 0.2) is 47.5 Å². The molecule has 0 radical (unpaired) electrons. The topological polar surface area (TPSA) is 76.8 Å². The second-order valence-electron chi connectivity index (χ2n) is 4.76. The molecule has 0 bridgehead atoms. The Labute approximate surface area is 114 Å². The van der Waals surface area contributed by atoms with Gasteiger partial charge in [0.2, 0.25) is 0 Å². The lowest BCUT2D eigenvalue weighted by Crippen LogP contribution is -2.13. The molecule has 0 amide bonds. The lowest BCUT2D eigenvalue weighted by atomic mass is 10.0. The predicted molar refractivity (Wildman–Crippen MR) is 75.0 cm³/mol. The molecule has 0 aromatic rings. The Kier molecular flexibility index (Phi) is 5.44. The fraction of sp³-hybridized carbons (Fsp3) is 0.333. The Bertz CT molecular complexity index is 521. The molecule has 1 rings (SSSR count). The van der Waals surface area contributed by atoms with Crippen molar-refractivity contribution >= 4 is 0 Å². The molecule has 0 fully saturated rings. The maximum atomic E-state index is 8.86. The van der Waals surface area contributed by atoms with E-state index in [1.54, 1.807) is 18.3 Å². The van der Waals surface area contributed by atoms with Gasteiger partial charge in [-0.1, -0.05) is 19.9 Å². The largest absolute Gasteiger partial charge is 0.389 e. The van der Waals surface area contributed by atoms with Crippen molar-refractivity contribution in [2.24, 2.45) is 11.7 Å². The predicted octanol–water partition coefficient (Wildman–Crippen LogP) is 2.56. The van der Waals surface area contributed by atoms with Gasteiger partial charge in [0.05, 0.1) is 5.57 Å². The van der Waals surface area contributed by atoms with Crippen LogP contribution >= 0.6 is 0 Å². The SMILES string of the molecule is CC(C)CC1=CCN(C=CC(C#N)=C(N)C#N)C=C1. The smallest absolute Gasteiger partial charge is 0.129 e. The molecular formula is C15H18N4. The summed E-state index contributed by atoms with van der Waals surface area (Å²) in [6, 6.07) is 3.67. The molecule has 2 N–H and O–H groups in total. The fourth-order valence-corrected chi connectivity index (χ4v) is 1.69. The minimum absolute atomic E-state index is 0.0595. The van der Waals surface area contributed by atoms with E-state index in [2.05, 4.69) is 26.0 Å². The zero-order chi connectivity index (χ0) is 14.3. The number of hydrogen-bond donors (Lipinski definition) is 1. The van der Waals surface area contributed by atoms with Gasteiger partial charge in [-0.2, -0.15) is 10.5 Å². The van der Waals surface area contributed by atoms with Crippen LogP contribution in [-0.4, -0.2) is 11.4 Å². The molecule has 0 unspecified atom stereocenters. The highest BCUT2D eigenvalue weighted by Gasteiger charge is 2.04. The first-order valence-electron chi connectivity index (χ1n) is 6.18. The number of allylic oxidation sites excluding steroid dienone is 5. The molecule has 1 heterocycles. The standard InChI is InChI=1S/C15H18N4/c1-12(2)9-13-3-6-19(7-4-13)8-5-14(10-16)15(18)11-17/h3-6,8,12H,7,9,18H2,1-2H3. The number of nitriles is 2. The van der Waals surface area contributed by atoms with Crippen LogP contribution in [0.4, 0.5) is 0 Å². The zero-order valence-corrected chi connectivity index (χ0v) is 11.3. The summed E-state index contributed by atoms with van der Waals surface area (Å²) < 4.78 is 0. The maximum absolute atomic E-state index is 8.86. The Morgan fingerprint density at radius 1 is 1.47 bits per heavy atom. The third-order valence-corrected chi connectivity index (χ3v) is 2.65. The van der Waals surface area contributed by atoms with Gasteiger partial charge in [-0.05, 0) is 30.1 Å². The summed E-state index contributed by atoms with van der Waals surface area (Å²) in [5.41, 5.74) is 6.87. The molecule has 0 saturated heterocycles. The van der Waals surface area contributed by atoms with Crippen LogP contribution < -0.4 is 5.73 Å². The number of hydrogen-bond acceptors (Lipinski definition) is 4. The van der Waals surface area contributed by atoms with E-state index in [-0.39, 0.29) is 11.3 Å². The minimum Gasteiger partial charge on any atom is -0.389 e. The number of rotatable bonds is 4. The van der Waals surface area contributed by atoms with Crippen LogP contribution in [0.3, 0.4) is 0 Å². The van der Waals surface area contributed by atoms with E-state index in [1.807, 2.05) is 17.2 Å². The lowest BCUT2D eigenvalue weighted by Gasteiger charge is -2.19. The van der Waals surface area contributed by atoms with Crippen LogP contribution in [-0.2, 0) is 0 Å². The summed E-state index contributed by atoms with van der Waals surface area (Å²) >= 11 is 0. The molecular weight excluding hydrogens is 236 g/mol. The minimum atomic E-state index is -0.0595. The molecule has 0 aromatic heterocycles. The van der Waals surface area contributed by atoms with Gasteiger partial charge < -0.3 is 10.6 Å². The van der Waals surface area contributed by atoms with Crippen molar-refractivity contribution in [1.29, 1.82) is 10.5 Å². The van der Waals surface area contributed by atoms with E-state index in [0.717, 1.165) is 13.0 Å². The average Bonchev–Trinajstić information content (AvgIpc) is 2.40. The molecule has 0 aromatic carbocycles. The first-order chi connectivity index (χ1) is 9.06. The van der Waals surface area contributed by atoms with Crippen LogP contribution in [0.25, 0.3) is 0 Å².